The van der Waals surface area contributed by atoms with Gasteiger partial charge in [-0.05, 0) is 31.2 Å². The van der Waals surface area contributed by atoms with Gasteiger partial charge in [-0.1, -0.05) is 30.3 Å². The van der Waals surface area contributed by atoms with E-state index in [0.29, 0.717) is 5.56 Å². The number of nitrogens with zero attached hydrogens (tertiary/aromatic N) is 1. The number of rotatable bonds is 5. The first kappa shape index (κ1) is 17.3. The molecule has 7 nitrogen and oxygen atoms in total. The van der Waals surface area contributed by atoms with Gasteiger partial charge in [-0.3, -0.25) is 14.4 Å². The second kappa shape index (κ2) is 7.18. The van der Waals surface area contributed by atoms with Crippen LogP contribution >= 0.6 is 0 Å². The molecule has 132 valence electrons. The van der Waals surface area contributed by atoms with Crippen LogP contribution in [0.3, 0.4) is 0 Å². The van der Waals surface area contributed by atoms with Gasteiger partial charge in [0.25, 0.3) is 17.7 Å². The SMILES string of the molecule is CCOC(=O)[C@@H](NC(=O)c1ccccc1)N1C(=O)c2ccccc2C1=O. The predicted octanol–water partition coefficient (Wildman–Crippen LogP) is 1.60. The van der Waals surface area contributed by atoms with Gasteiger partial charge in [0, 0.05) is 5.56 Å². The molecule has 3 amide bonds. The summed E-state index contributed by atoms with van der Waals surface area (Å²) in [5.74, 6) is -2.79. The number of nitrogens with one attached hydrogen (secondary N) is 1. The first-order valence-electron chi connectivity index (χ1n) is 8.04. The summed E-state index contributed by atoms with van der Waals surface area (Å²) in [5, 5.41) is 2.43. The molecule has 1 aliphatic rings. The number of benzene rings is 2. The summed E-state index contributed by atoms with van der Waals surface area (Å²) >= 11 is 0. The van der Waals surface area contributed by atoms with E-state index in [-0.39, 0.29) is 17.7 Å². The quantitative estimate of drug-likeness (QED) is 0.652. The Hall–Kier alpha value is -3.48. The van der Waals surface area contributed by atoms with Crippen molar-refractivity contribution in [3.8, 4) is 0 Å². The number of hydrogen-bond acceptors (Lipinski definition) is 5. The van der Waals surface area contributed by atoms with Crippen molar-refractivity contribution in [1.29, 1.82) is 0 Å². The molecule has 1 atom stereocenters. The van der Waals surface area contributed by atoms with E-state index in [2.05, 4.69) is 5.32 Å². The molecule has 26 heavy (non-hydrogen) atoms. The van der Waals surface area contributed by atoms with Crippen molar-refractivity contribution in [3.05, 3.63) is 71.3 Å². The molecule has 1 aliphatic heterocycles. The summed E-state index contributed by atoms with van der Waals surface area (Å²) in [4.78, 5) is 50.8. The maximum absolute atomic E-state index is 12.6. The average Bonchev–Trinajstić information content (AvgIpc) is 2.92. The highest BCUT2D eigenvalue weighted by Gasteiger charge is 2.44. The van der Waals surface area contributed by atoms with Gasteiger partial charge in [0.1, 0.15) is 0 Å². The molecular weight excluding hydrogens is 336 g/mol. The second-order valence-corrected chi connectivity index (χ2v) is 5.52. The van der Waals surface area contributed by atoms with E-state index >= 15 is 0 Å². The van der Waals surface area contributed by atoms with Crippen molar-refractivity contribution >= 4 is 23.7 Å². The third-order valence-corrected chi connectivity index (χ3v) is 3.90. The molecule has 0 aliphatic carbocycles. The van der Waals surface area contributed by atoms with Crippen LogP contribution in [0, 0.1) is 0 Å². The highest BCUT2D eigenvalue weighted by Crippen LogP contribution is 2.24. The Balaban J connectivity index is 1.93. The molecule has 0 saturated heterocycles. The smallest absolute Gasteiger partial charge is 0.350 e. The minimum absolute atomic E-state index is 0.0414. The van der Waals surface area contributed by atoms with Crippen molar-refractivity contribution in [2.75, 3.05) is 6.61 Å². The Kier molecular flexibility index (Phi) is 4.79. The lowest BCUT2D eigenvalue weighted by Crippen LogP contribution is -2.55. The third kappa shape index (κ3) is 3.06. The Labute approximate surface area is 149 Å². The topological polar surface area (TPSA) is 92.8 Å². The standard InChI is InChI=1S/C19H16N2O5/c1-2-26-19(25)15(20-16(22)12-8-4-3-5-9-12)21-17(23)13-10-6-7-11-14(13)18(21)24/h3-11,15H,2H2,1H3,(H,20,22)/t15-/m0/s1. The molecule has 3 rings (SSSR count). The zero-order valence-electron chi connectivity index (χ0n) is 14.0. The zero-order chi connectivity index (χ0) is 18.7. The molecule has 0 fully saturated rings. The van der Waals surface area contributed by atoms with Crippen LogP contribution < -0.4 is 5.32 Å². The monoisotopic (exact) mass is 352 g/mol. The van der Waals surface area contributed by atoms with Crippen LogP contribution in [0.25, 0.3) is 0 Å². The summed E-state index contributed by atoms with van der Waals surface area (Å²) in [5.41, 5.74) is 0.653. The van der Waals surface area contributed by atoms with Gasteiger partial charge in [-0.25, -0.2) is 9.69 Å². The molecule has 0 saturated carbocycles. The summed E-state index contributed by atoms with van der Waals surface area (Å²) in [7, 11) is 0. The lowest BCUT2D eigenvalue weighted by Gasteiger charge is -2.25. The predicted molar refractivity (Wildman–Crippen MR) is 91.3 cm³/mol. The Morgan fingerprint density at radius 3 is 2.04 bits per heavy atom. The minimum Gasteiger partial charge on any atom is -0.463 e. The molecule has 1 heterocycles. The maximum Gasteiger partial charge on any atom is 0.350 e. The normalized spacial score (nSPS) is 14.0. The summed E-state index contributed by atoms with van der Waals surface area (Å²) in [6, 6.07) is 14.4. The third-order valence-electron chi connectivity index (χ3n) is 3.90. The highest BCUT2D eigenvalue weighted by atomic mass is 16.5. The van der Waals surface area contributed by atoms with Crippen LogP contribution in [0.4, 0.5) is 0 Å². The first-order chi connectivity index (χ1) is 12.5. The average molecular weight is 352 g/mol. The molecular formula is C19H16N2O5. The van der Waals surface area contributed by atoms with E-state index < -0.39 is 29.9 Å². The molecule has 0 bridgehead atoms. The largest absolute Gasteiger partial charge is 0.463 e. The fourth-order valence-corrected chi connectivity index (χ4v) is 2.69. The van der Waals surface area contributed by atoms with Crippen LogP contribution in [-0.4, -0.2) is 41.4 Å². The number of hydrogen-bond donors (Lipinski definition) is 1. The number of carbonyl (C=O) groups excluding carboxylic acids is 4. The van der Waals surface area contributed by atoms with Crippen molar-refractivity contribution in [2.45, 2.75) is 13.1 Å². The number of ether oxygens (including phenoxy) is 1. The molecule has 0 radical (unpaired) electrons. The fraction of sp³-hybridized carbons (Fsp3) is 0.158. The minimum atomic E-state index is -1.55. The number of carbonyl (C=O) groups is 4. The van der Waals surface area contributed by atoms with Crippen LogP contribution in [0.2, 0.25) is 0 Å². The van der Waals surface area contributed by atoms with Gasteiger partial charge in [-0.2, -0.15) is 0 Å². The summed E-state index contributed by atoms with van der Waals surface area (Å²) in [6.45, 7) is 1.63. The van der Waals surface area contributed by atoms with Crippen molar-refractivity contribution in [2.24, 2.45) is 0 Å². The van der Waals surface area contributed by atoms with Crippen LogP contribution in [0.5, 0.6) is 0 Å². The molecule has 0 unspecified atom stereocenters. The summed E-state index contributed by atoms with van der Waals surface area (Å²) < 4.78 is 4.95. The van der Waals surface area contributed by atoms with Crippen molar-refractivity contribution in [1.82, 2.24) is 10.2 Å². The maximum atomic E-state index is 12.6. The number of amides is 3. The van der Waals surface area contributed by atoms with Gasteiger partial charge in [-0.15, -0.1) is 0 Å². The molecule has 2 aromatic rings. The Bertz CT molecular complexity index is 844. The van der Waals surface area contributed by atoms with Crippen LogP contribution in [0.1, 0.15) is 38.0 Å². The van der Waals surface area contributed by atoms with E-state index in [1.54, 1.807) is 49.4 Å². The lowest BCUT2D eigenvalue weighted by molar-refractivity contribution is -0.148. The van der Waals surface area contributed by atoms with E-state index in [4.69, 9.17) is 4.74 Å². The highest BCUT2D eigenvalue weighted by molar-refractivity contribution is 6.23. The van der Waals surface area contributed by atoms with Gasteiger partial charge >= 0.3 is 5.97 Å². The molecule has 2 aromatic carbocycles. The Morgan fingerprint density at radius 1 is 0.962 bits per heavy atom. The molecule has 0 spiro atoms. The van der Waals surface area contributed by atoms with Gasteiger partial charge in [0.15, 0.2) is 0 Å². The Morgan fingerprint density at radius 2 is 1.50 bits per heavy atom. The fourth-order valence-electron chi connectivity index (χ4n) is 2.69. The van der Waals surface area contributed by atoms with Gasteiger partial charge < -0.3 is 10.1 Å². The summed E-state index contributed by atoms with van der Waals surface area (Å²) in [6.07, 6.45) is -1.55. The molecule has 7 heteroatoms. The van der Waals surface area contributed by atoms with E-state index in [1.807, 2.05) is 0 Å². The molecule has 1 N–H and O–H groups in total. The first-order valence-corrected chi connectivity index (χ1v) is 8.04. The van der Waals surface area contributed by atoms with Crippen LogP contribution in [-0.2, 0) is 9.53 Å². The van der Waals surface area contributed by atoms with E-state index in [1.165, 1.54) is 12.1 Å². The number of esters is 1. The van der Waals surface area contributed by atoms with Crippen molar-refractivity contribution in [3.63, 3.8) is 0 Å². The zero-order valence-corrected chi connectivity index (χ0v) is 14.0. The second-order valence-electron chi connectivity index (χ2n) is 5.52. The number of fused-ring (bicyclic) bond motifs is 1. The van der Waals surface area contributed by atoms with Gasteiger partial charge in [0.05, 0.1) is 17.7 Å². The molecule has 0 aromatic heterocycles. The van der Waals surface area contributed by atoms with E-state index in [0.717, 1.165) is 4.90 Å². The van der Waals surface area contributed by atoms with Gasteiger partial charge in [0.2, 0.25) is 6.17 Å². The van der Waals surface area contributed by atoms with E-state index in [9.17, 15) is 19.2 Å². The van der Waals surface area contributed by atoms with Crippen molar-refractivity contribution < 1.29 is 23.9 Å². The lowest BCUT2D eigenvalue weighted by atomic mass is 10.1. The van der Waals surface area contributed by atoms with Crippen LogP contribution in [0.15, 0.2) is 54.6 Å². The number of imide groups is 1.